The number of hydrogen-bond acceptors (Lipinski definition) is 11. The van der Waals surface area contributed by atoms with E-state index in [2.05, 4.69) is 84.7 Å². The number of benzene rings is 4. The summed E-state index contributed by atoms with van der Waals surface area (Å²) in [5.74, 6) is 0.725. The van der Waals surface area contributed by atoms with Crippen molar-refractivity contribution < 1.29 is 24.8 Å². The molecule has 4 aromatic carbocycles. The minimum absolute atomic E-state index is 0.0270. The van der Waals surface area contributed by atoms with E-state index in [1.165, 1.54) is 34.6 Å². The molecule has 0 radical (unpaired) electrons. The van der Waals surface area contributed by atoms with Crippen LogP contribution in [0.4, 0.5) is 0 Å². The number of rotatable bonds is 15. The molecule has 0 aliphatic heterocycles. The van der Waals surface area contributed by atoms with E-state index in [4.69, 9.17) is 9.47 Å². The van der Waals surface area contributed by atoms with Crippen molar-refractivity contribution in [2.24, 2.45) is 0 Å². The maximum Gasteiger partial charge on any atom is 0.305 e. The summed E-state index contributed by atoms with van der Waals surface area (Å²) in [5, 5.41) is 39.1. The van der Waals surface area contributed by atoms with Crippen LogP contribution in [-0.2, 0) is 12.8 Å². The first-order valence-corrected chi connectivity index (χ1v) is 21.0. The van der Waals surface area contributed by atoms with Gasteiger partial charge in [-0.25, -0.2) is 4.98 Å². The number of aliphatic hydroxyl groups excluding tert-OH is 2. The van der Waals surface area contributed by atoms with Gasteiger partial charge in [0.1, 0.15) is 17.1 Å². The first-order chi connectivity index (χ1) is 26.8. The van der Waals surface area contributed by atoms with Gasteiger partial charge in [0.25, 0.3) is 5.19 Å². The minimum atomic E-state index is -0.823. The van der Waals surface area contributed by atoms with E-state index in [1.807, 2.05) is 71.0 Å². The summed E-state index contributed by atoms with van der Waals surface area (Å²) in [7, 11) is 0. The van der Waals surface area contributed by atoms with Gasteiger partial charge < -0.3 is 40.4 Å². The third-order valence-corrected chi connectivity index (χ3v) is 11.0. The normalized spacial score (nSPS) is 13.4. The Morgan fingerprint density at radius 3 is 1.77 bits per heavy atom. The molecule has 0 amide bonds. The van der Waals surface area contributed by atoms with Gasteiger partial charge in [-0.1, -0.05) is 83.3 Å². The van der Waals surface area contributed by atoms with Crippen molar-refractivity contribution in [2.75, 3.05) is 13.1 Å². The molecule has 2 heterocycles. The van der Waals surface area contributed by atoms with Crippen LogP contribution in [0.5, 0.6) is 16.7 Å². The lowest BCUT2D eigenvalue weighted by Crippen LogP contribution is -2.43. The maximum absolute atomic E-state index is 11.6. The predicted octanol–water partition coefficient (Wildman–Crippen LogP) is 8.84. The van der Waals surface area contributed by atoms with E-state index in [-0.39, 0.29) is 33.4 Å². The van der Waals surface area contributed by atoms with E-state index in [1.54, 1.807) is 0 Å². The van der Waals surface area contributed by atoms with Crippen molar-refractivity contribution >= 4 is 43.1 Å². The molecule has 306 valence electrons. The molecule has 12 heteroatoms. The lowest BCUT2D eigenvalue weighted by Gasteiger charge is -2.28. The Morgan fingerprint density at radius 2 is 1.26 bits per heavy atom. The number of phenols is 1. The van der Waals surface area contributed by atoms with Gasteiger partial charge in [-0.2, -0.15) is 0 Å². The molecule has 0 unspecified atom stereocenters. The van der Waals surface area contributed by atoms with Crippen molar-refractivity contribution in [3.8, 4) is 16.7 Å². The van der Waals surface area contributed by atoms with Gasteiger partial charge in [0.15, 0.2) is 0 Å². The molecule has 0 saturated heterocycles. The lowest BCUT2D eigenvalue weighted by atomic mass is 9.94. The number of hydrogen-bond donors (Lipinski definition) is 6. The maximum atomic E-state index is 11.6. The van der Waals surface area contributed by atoms with Gasteiger partial charge in [-0.15, -0.1) is 0 Å². The predicted molar refractivity (Wildman–Crippen MR) is 234 cm³/mol. The van der Waals surface area contributed by atoms with Crippen molar-refractivity contribution in [2.45, 2.75) is 110 Å². The Balaban J connectivity index is 0.000000224. The van der Waals surface area contributed by atoms with Gasteiger partial charge in [0.2, 0.25) is 0 Å². The monoisotopic (exact) mass is 814 g/mol. The van der Waals surface area contributed by atoms with Crippen LogP contribution in [0.15, 0.2) is 89.7 Å². The molecule has 6 N–H and O–H groups in total. The number of nitrogens with zero attached hydrogens (tertiary/aromatic N) is 1. The Labute approximate surface area is 343 Å². The number of aromatic hydroxyl groups is 1. The molecule has 0 saturated carbocycles. The van der Waals surface area contributed by atoms with Crippen LogP contribution in [0.3, 0.4) is 0 Å². The standard InChI is InChI=1S/C26H36N2O3S.C19H22N2O3S/c1-17(2)30-24-28-21-14-19(31-25(3,4)5)13-20(23(21)32-24)22(29)16-27-26(6,7)15-18-11-9-8-10-12-18;1-19(2,10-12-6-4-3-5-7-12)20-11-16(23)14-8-13(22)9-15-17(14)25-18(24)21-15/h8-14,17,22,27,29H,15-16H2,1-7H3;3-9,16,20,22-23H,10-11H2,1-2H3,(H,21,24)/t22-;16-/m00/s1. The molecule has 0 aliphatic rings. The first-order valence-electron chi connectivity index (χ1n) is 19.4. The quantitative estimate of drug-likeness (QED) is 0.0598. The number of H-pyrrole nitrogens is 1. The van der Waals surface area contributed by atoms with Crippen molar-refractivity contribution in [3.63, 3.8) is 0 Å². The number of nitrogens with one attached hydrogen (secondary N) is 3. The Morgan fingerprint density at radius 1 is 0.737 bits per heavy atom. The molecule has 6 aromatic rings. The highest BCUT2D eigenvalue weighted by Crippen LogP contribution is 2.38. The molecular weight excluding hydrogens is 757 g/mol. The number of fused-ring (bicyclic) bond motifs is 2. The van der Waals surface area contributed by atoms with Crippen LogP contribution in [0.25, 0.3) is 20.4 Å². The van der Waals surface area contributed by atoms with Gasteiger partial charge >= 0.3 is 4.87 Å². The minimum Gasteiger partial charge on any atom is -0.508 e. The summed E-state index contributed by atoms with van der Waals surface area (Å²) in [6.07, 6.45) is 0.207. The van der Waals surface area contributed by atoms with Gasteiger partial charge in [0.05, 0.1) is 38.7 Å². The zero-order valence-electron chi connectivity index (χ0n) is 34.5. The molecule has 6 rings (SSSR count). The first kappa shape index (κ1) is 43.8. The van der Waals surface area contributed by atoms with Crippen LogP contribution >= 0.6 is 22.7 Å². The average Bonchev–Trinajstić information content (AvgIpc) is 3.70. The fourth-order valence-electron chi connectivity index (χ4n) is 6.54. The second-order valence-corrected chi connectivity index (χ2v) is 19.0. The third-order valence-electron chi connectivity index (χ3n) is 9.01. The SMILES string of the molecule is CC(C)(Cc1ccccc1)NC[C@H](O)c1cc(O)cc2[nH]c(=O)sc12.CC(C)Oc1nc2cc(OC(C)(C)C)cc([C@@H](O)CNC(C)(C)Cc3ccccc3)c2s1. The van der Waals surface area contributed by atoms with E-state index in [9.17, 15) is 20.1 Å². The van der Waals surface area contributed by atoms with Crippen LogP contribution in [0.2, 0.25) is 0 Å². The highest BCUT2D eigenvalue weighted by molar-refractivity contribution is 7.20. The second kappa shape index (κ2) is 18.5. The highest BCUT2D eigenvalue weighted by Gasteiger charge is 2.25. The van der Waals surface area contributed by atoms with Crippen LogP contribution in [-0.4, -0.2) is 61.2 Å². The second-order valence-electron chi connectivity index (χ2n) is 17.0. The summed E-state index contributed by atoms with van der Waals surface area (Å²) >= 11 is 2.51. The molecule has 10 nitrogen and oxygen atoms in total. The summed E-state index contributed by atoms with van der Waals surface area (Å²) in [4.78, 5) is 18.7. The van der Waals surface area contributed by atoms with Crippen LogP contribution in [0.1, 0.15) is 96.8 Å². The van der Waals surface area contributed by atoms with Crippen molar-refractivity contribution in [3.05, 3.63) is 117 Å². The zero-order chi connectivity index (χ0) is 41.5. The Hall–Kier alpha value is -4.30. The topological polar surface area (TPSA) is 149 Å². The summed E-state index contributed by atoms with van der Waals surface area (Å²) in [5.41, 5.74) is 4.46. The van der Waals surface area contributed by atoms with Crippen molar-refractivity contribution in [1.29, 1.82) is 0 Å². The largest absolute Gasteiger partial charge is 0.508 e. The van der Waals surface area contributed by atoms with Crippen molar-refractivity contribution in [1.82, 2.24) is 20.6 Å². The Kier molecular flexibility index (Phi) is 14.2. The number of β-amino-alcohol motifs (C(OH)–C–C–N with tert-alkyl or cyclic N) is 2. The molecule has 2 atom stereocenters. The van der Waals surface area contributed by atoms with Gasteiger partial charge in [0, 0.05) is 47.4 Å². The van der Waals surface area contributed by atoms with E-state index < -0.39 is 12.2 Å². The number of aliphatic hydroxyl groups is 2. The fraction of sp³-hybridized carbons (Fsp3) is 0.422. The third kappa shape index (κ3) is 13.1. The van der Waals surface area contributed by atoms with E-state index in [0.717, 1.165) is 40.0 Å². The number of aromatic nitrogens is 2. The number of phenolic OH excluding ortho intramolecular Hbond substituents is 1. The summed E-state index contributed by atoms with van der Waals surface area (Å²) in [6, 6.07) is 27.4. The zero-order valence-corrected chi connectivity index (χ0v) is 36.1. The number of ether oxygens (including phenoxy) is 2. The average molecular weight is 815 g/mol. The molecule has 0 fully saturated rings. The van der Waals surface area contributed by atoms with E-state index >= 15 is 0 Å². The van der Waals surface area contributed by atoms with Crippen LogP contribution < -0.4 is 25.0 Å². The summed E-state index contributed by atoms with van der Waals surface area (Å²) < 4.78 is 13.5. The smallest absolute Gasteiger partial charge is 0.305 e. The summed E-state index contributed by atoms with van der Waals surface area (Å²) in [6.45, 7) is 19.2. The molecular formula is C45H58N4O6S2. The lowest BCUT2D eigenvalue weighted by molar-refractivity contribution is 0.129. The molecule has 57 heavy (non-hydrogen) atoms. The number of aromatic amines is 1. The molecule has 0 spiro atoms. The molecule has 0 aliphatic carbocycles. The van der Waals surface area contributed by atoms with E-state index in [0.29, 0.717) is 39.8 Å². The highest BCUT2D eigenvalue weighted by atomic mass is 32.1. The Bertz CT molecular complexity index is 2260. The van der Waals surface area contributed by atoms with Crippen LogP contribution in [0, 0.1) is 0 Å². The van der Waals surface area contributed by atoms with Gasteiger partial charge in [-0.3, -0.25) is 4.79 Å². The molecule has 2 aromatic heterocycles. The van der Waals surface area contributed by atoms with Gasteiger partial charge in [-0.05, 0) is 98.4 Å². The molecule has 0 bridgehead atoms. The number of thiazole rings is 2. The fourth-order valence-corrected chi connectivity index (χ4v) is 8.50.